The van der Waals surface area contributed by atoms with E-state index in [2.05, 4.69) is 9.47 Å². The first-order chi connectivity index (χ1) is 4.24. The largest absolute Gasteiger partial charge is 0.483 e. The van der Waals surface area contributed by atoms with Crippen LogP contribution < -0.4 is 5.73 Å². The second kappa shape index (κ2) is 2.24. The molecule has 0 aromatic rings. The molecule has 4 nitrogen and oxygen atoms in total. The van der Waals surface area contributed by atoms with Gasteiger partial charge >= 0.3 is 6.29 Å². The van der Waals surface area contributed by atoms with Gasteiger partial charge in [-0.1, -0.05) is 0 Å². The lowest BCUT2D eigenvalue weighted by Gasteiger charge is -1.92. The Hall–Kier alpha value is -0.740. The molecule has 4 heteroatoms. The van der Waals surface area contributed by atoms with E-state index in [9.17, 15) is 0 Å². The first kappa shape index (κ1) is 6.38. The highest BCUT2D eigenvalue weighted by Gasteiger charge is 2.45. The van der Waals surface area contributed by atoms with Crippen LogP contribution in [0, 0.1) is 0 Å². The Morgan fingerprint density at radius 2 is 2.44 bits per heavy atom. The lowest BCUT2D eigenvalue weighted by molar-refractivity contribution is 0.0537. The van der Waals surface area contributed by atoms with E-state index in [1.807, 2.05) is 0 Å². The van der Waals surface area contributed by atoms with Crippen LogP contribution in [0.2, 0.25) is 0 Å². The molecule has 1 heterocycles. The minimum absolute atomic E-state index is 0.134. The Labute approximate surface area is 52.9 Å². The predicted molar refractivity (Wildman–Crippen MR) is 31.3 cm³/mol. The Kier molecular flexibility index (Phi) is 1.59. The number of ether oxygens (including phenoxy) is 2. The maximum absolute atomic E-state index is 8.65. The van der Waals surface area contributed by atoms with Gasteiger partial charge in [0.15, 0.2) is 5.88 Å². The molecular formula is C5H10NO3+. The molecule has 2 atom stereocenters. The third-order valence-electron chi connectivity index (χ3n) is 1.11. The second-order valence-electron chi connectivity index (χ2n) is 1.83. The normalized spacial score (nSPS) is 34.2. The molecule has 0 aliphatic carbocycles. The zero-order valence-corrected chi connectivity index (χ0v) is 5.11. The van der Waals surface area contributed by atoms with E-state index >= 15 is 0 Å². The van der Waals surface area contributed by atoms with E-state index in [0.717, 1.165) is 0 Å². The molecule has 0 spiro atoms. The molecular weight excluding hydrogens is 122 g/mol. The molecule has 0 radical (unpaired) electrons. The van der Waals surface area contributed by atoms with Crippen LogP contribution in [0.1, 0.15) is 0 Å². The van der Waals surface area contributed by atoms with Crippen LogP contribution in [-0.2, 0) is 4.74 Å². The van der Waals surface area contributed by atoms with Crippen molar-refractivity contribution in [3.63, 3.8) is 0 Å². The highest BCUT2D eigenvalue weighted by Crippen LogP contribution is 2.15. The molecule has 0 bridgehead atoms. The minimum Gasteiger partial charge on any atom is -0.483 e. The number of aliphatic hydroxyl groups excluding tert-OH is 1. The lowest BCUT2D eigenvalue weighted by Crippen LogP contribution is -2.01. The maximum Gasteiger partial charge on any atom is 0.341 e. The highest BCUT2D eigenvalue weighted by atomic mass is 16.7. The van der Waals surface area contributed by atoms with Gasteiger partial charge in [0.2, 0.25) is 0 Å². The van der Waals surface area contributed by atoms with Gasteiger partial charge in [0, 0.05) is 0 Å². The summed E-state index contributed by atoms with van der Waals surface area (Å²) in [6.07, 6.45) is 0.883. The van der Waals surface area contributed by atoms with Gasteiger partial charge in [-0.3, -0.25) is 0 Å². The minimum atomic E-state index is -0.557. The van der Waals surface area contributed by atoms with Crippen molar-refractivity contribution in [2.24, 2.45) is 5.73 Å². The van der Waals surface area contributed by atoms with E-state index in [1.54, 1.807) is 6.08 Å². The van der Waals surface area contributed by atoms with Gasteiger partial charge < -0.3 is 20.3 Å². The zero-order chi connectivity index (χ0) is 6.85. The molecule has 1 aliphatic heterocycles. The molecule has 0 saturated carbocycles. The SMILES string of the molecule is CO/C(N)=C\C1[OH+]C1O. The van der Waals surface area contributed by atoms with Crippen molar-refractivity contribution >= 4 is 0 Å². The van der Waals surface area contributed by atoms with Gasteiger partial charge in [-0.2, -0.15) is 0 Å². The van der Waals surface area contributed by atoms with E-state index in [1.165, 1.54) is 7.11 Å². The Morgan fingerprint density at radius 3 is 2.78 bits per heavy atom. The highest BCUT2D eigenvalue weighted by molar-refractivity contribution is 4.99. The van der Waals surface area contributed by atoms with E-state index in [-0.39, 0.29) is 6.10 Å². The number of hydrogen-bond acceptors (Lipinski definition) is 3. The number of rotatable bonds is 2. The van der Waals surface area contributed by atoms with Crippen LogP contribution in [0.4, 0.5) is 0 Å². The number of aliphatic hydroxyl groups is 3. The van der Waals surface area contributed by atoms with Crippen molar-refractivity contribution in [1.29, 1.82) is 0 Å². The fourth-order valence-corrected chi connectivity index (χ4v) is 0.492. The maximum atomic E-state index is 8.65. The Bertz CT molecular complexity index is 134. The summed E-state index contributed by atoms with van der Waals surface area (Å²) in [4.78, 5) is 0. The monoisotopic (exact) mass is 132 g/mol. The Balaban J connectivity index is 2.31. The molecule has 1 aliphatic rings. The van der Waals surface area contributed by atoms with Crippen molar-refractivity contribution in [1.82, 2.24) is 0 Å². The van der Waals surface area contributed by atoms with Crippen molar-refractivity contribution in [3.8, 4) is 0 Å². The molecule has 0 amide bonds. The smallest absolute Gasteiger partial charge is 0.341 e. The second-order valence-corrected chi connectivity index (χ2v) is 1.83. The molecule has 1 fully saturated rings. The van der Waals surface area contributed by atoms with Crippen molar-refractivity contribution in [2.75, 3.05) is 7.11 Å². The topological polar surface area (TPSA) is 68.3 Å². The average molecular weight is 132 g/mol. The van der Waals surface area contributed by atoms with Gasteiger partial charge in [-0.05, 0) is 0 Å². The summed E-state index contributed by atoms with van der Waals surface area (Å²) in [5.74, 6) is 0.306. The summed E-state index contributed by atoms with van der Waals surface area (Å²) < 4.78 is 8.28. The van der Waals surface area contributed by atoms with Gasteiger partial charge in [0.1, 0.15) is 0 Å². The fraction of sp³-hybridized carbons (Fsp3) is 0.600. The first-order valence-electron chi connectivity index (χ1n) is 2.63. The molecule has 1 rings (SSSR count). The van der Waals surface area contributed by atoms with Gasteiger partial charge in [-0.15, -0.1) is 0 Å². The van der Waals surface area contributed by atoms with Crippen molar-refractivity contribution in [3.05, 3.63) is 12.0 Å². The van der Waals surface area contributed by atoms with Gasteiger partial charge in [0.05, 0.1) is 13.2 Å². The number of methoxy groups -OCH3 is 1. The van der Waals surface area contributed by atoms with Gasteiger partial charge in [0.25, 0.3) is 6.10 Å². The molecule has 52 valence electrons. The zero-order valence-electron chi connectivity index (χ0n) is 5.11. The summed E-state index contributed by atoms with van der Waals surface area (Å²) >= 11 is 0. The molecule has 0 aromatic heterocycles. The van der Waals surface area contributed by atoms with Crippen LogP contribution in [-0.4, -0.2) is 29.3 Å². The van der Waals surface area contributed by atoms with Crippen molar-refractivity contribution < 1.29 is 14.6 Å². The van der Waals surface area contributed by atoms with Crippen LogP contribution in [0.5, 0.6) is 0 Å². The predicted octanol–water partition coefficient (Wildman–Crippen LogP) is -1.34. The summed E-state index contributed by atoms with van der Waals surface area (Å²) in [7, 11) is 1.47. The molecule has 0 aromatic carbocycles. The lowest BCUT2D eigenvalue weighted by atomic mass is 10.4. The van der Waals surface area contributed by atoms with Crippen LogP contribution >= 0.6 is 0 Å². The molecule has 1 saturated heterocycles. The van der Waals surface area contributed by atoms with Gasteiger partial charge in [-0.25, -0.2) is 0 Å². The molecule has 2 unspecified atom stereocenters. The Morgan fingerprint density at radius 1 is 1.89 bits per heavy atom. The molecule has 4 N–H and O–H groups in total. The third-order valence-corrected chi connectivity index (χ3v) is 1.11. The third kappa shape index (κ3) is 1.58. The first-order valence-corrected chi connectivity index (χ1v) is 2.63. The van der Waals surface area contributed by atoms with Crippen LogP contribution in [0.25, 0.3) is 0 Å². The van der Waals surface area contributed by atoms with Crippen LogP contribution in [0.15, 0.2) is 12.0 Å². The number of hydrogen-bond donors (Lipinski definition) is 2. The van der Waals surface area contributed by atoms with Crippen LogP contribution in [0.3, 0.4) is 0 Å². The number of nitrogens with two attached hydrogens (primary N) is 1. The van der Waals surface area contributed by atoms with E-state index < -0.39 is 6.29 Å². The van der Waals surface area contributed by atoms with Crippen molar-refractivity contribution in [2.45, 2.75) is 12.4 Å². The van der Waals surface area contributed by atoms with E-state index in [0.29, 0.717) is 5.88 Å². The summed E-state index contributed by atoms with van der Waals surface area (Å²) in [6, 6.07) is 0. The fourth-order valence-electron chi connectivity index (χ4n) is 0.492. The van der Waals surface area contributed by atoms with E-state index in [4.69, 9.17) is 10.8 Å². The average Bonchev–Trinajstić information content (AvgIpc) is 2.47. The summed E-state index contributed by atoms with van der Waals surface area (Å²) in [5.41, 5.74) is 5.24. The molecule has 9 heavy (non-hydrogen) atoms. The quantitative estimate of drug-likeness (QED) is 0.277. The summed E-state index contributed by atoms with van der Waals surface area (Å²) in [5, 5.41) is 8.65. The number of epoxide rings is 1. The summed E-state index contributed by atoms with van der Waals surface area (Å²) in [6.45, 7) is 0. The standard InChI is InChI=1S/C5H9NO3/c1-8-4(6)2-3-5(7)9-3/h2-3,5,7H,6H2,1H3/p+1/b4-2-.